The van der Waals surface area contributed by atoms with Crippen molar-refractivity contribution in [3.63, 3.8) is 0 Å². The topological polar surface area (TPSA) is 54.5 Å². The molecule has 1 aliphatic carbocycles. The van der Waals surface area contributed by atoms with Gasteiger partial charge in [-0.05, 0) is 56.5 Å². The third-order valence-corrected chi connectivity index (χ3v) is 5.23. The van der Waals surface area contributed by atoms with Gasteiger partial charge in [-0.15, -0.1) is 0 Å². The van der Waals surface area contributed by atoms with Gasteiger partial charge in [0, 0.05) is 19.3 Å². The Morgan fingerprint density at radius 2 is 1.96 bits per heavy atom. The van der Waals surface area contributed by atoms with E-state index in [0.717, 1.165) is 37.3 Å². The second kappa shape index (κ2) is 6.93. The van der Waals surface area contributed by atoms with Crippen LogP contribution in [0.15, 0.2) is 42.6 Å². The summed E-state index contributed by atoms with van der Waals surface area (Å²) in [6, 6.07) is 10.1. The Morgan fingerprint density at radius 3 is 2.56 bits per heavy atom. The maximum Gasteiger partial charge on any atom is 0.253 e. The van der Waals surface area contributed by atoms with Crippen LogP contribution in [0.4, 0.5) is 10.2 Å². The molecule has 5 nitrogen and oxygen atoms in total. The van der Waals surface area contributed by atoms with E-state index >= 15 is 0 Å². The van der Waals surface area contributed by atoms with Gasteiger partial charge in [0.15, 0.2) is 0 Å². The van der Waals surface area contributed by atoms with E-state index in [-0.39, 0.29) is 23.9 Å². The highest BCUT2D eigenvalue weighted by Gasteiger charge is 2.46. The first-order valence-electron chi connectivity index (χ1n) is 9.40. The molecule has 2 unspecified atom stereocenters. The predicted molar refractivity (Wildman–Crippen MR) is 101 cm³/mol. The standard InChI is InChI=1S/C21H24FN3O2/c1-14-12-25(13-15(2)27-14)19-7-6-16(11-23-19)20(26)24-21(8-9-21)17-4-3-5-18(22)10-17/h3-7,10-11,14-15H,8-9,12-13H2,1-2H3,(H,24,26). The lowest BCUT2D eigenvalue weighted by Crippen LogP contribution is -2.45. The maximum absolute atomic E-state index is 13.5. The molecule has 0 radical (unpaired) electrons. The largest absolute Gasteiger partial charge is 0.372 e. The van der Waals surface area contributed by atoms with Crippen molar-refractivity contribution in [2.75, 3.05) is 18.0 Å². The number of aromatic nitrogens is 1. The minimum absolute atomic E-state index is 0.152. The fourth-order valence-corrected chi connectivity index (χ4v) is 3.76. The van der Waals surface area contributed by atoms with E-state index in [4.69, 9.17) is 4.74 Å². The molecule has 6 heteroatoms. The predicted octanol–water partition coefficient (Wildman–Crippen LogP) is 3.25. The van der Waals surface area contributed by atoms with Gasteiger partial charge >= 0.3 is 0 Å². The van der Waals surface area contributed by atoms with Crippen molar-refractivity contribution in [1.29, 1.82) is 0 Å². The van der Waals surface area contributed by atoms with Crippen molar-refractivity contribution >= 4 is 11.7 Å². The summed E-state index contributed by atoms with van der Waals surface area (Å²) in [5.41, 5.74) is 0.875. The minimum atomic E-state index is -0.451. The number of rotatable bonds is 4. The number of carbonyl (C=O) groups excluding carboxylic acids is 1. The zero-order valence-electron chi connectivity index (χ0n) is 15.6. The van der Waals surface area contributed by atoms with Crippen molar-refractivity contribution in [3.8, 4) is 0 Å². The van der Waals surface area contributed by atoms with Gasteiger partial charge in [-0.25, -0.2) is 9.37 Å². The molecular formula is C21H24FN3O2. The molecule has 2 fully saturated rings. The van der Waals surface area contributed by atoms with E-state index in [9.17, 15) is 9.18 Å². The van der Waals surface area contributed by atoms with Crippen LogP contribution in [0.2, 0.25) is 0 Å². The van der Waals surface area contributed by atoms with Crippen LogP contribution in [0.25, 0.3) is 0 Å². The van der Waals surface area contributed by atoms with Gasteiger partial charge in [0.25, 0.3) is 5.91 Å². The SMILES string of the molecule is CC1CN(c2ccc(C(=O)NC3(c4cccc(F)c4)CC3)cn2)CC(C)O1. The van der Waals surface area contributed by atoms with E-state index < -0.39 is 5.54 Å². The third-order valence-electron chi connectivity index (χ3n) is 5.23. The summed E-state index contributed by atoms with van der Waals surface area (Å²) < 4.78 is 19.3. The van der Waals surface area contributed by atoms with E-state index in [1.165, 1.54) is 12.1 Å². The first-order valence-corrected chi connectivity index (χ1v) is 9.40. The van der Waals surface area contributed by atoms with Crippen molar-refractivity contribution < 1.29 is 13.9 Å². The molecule has 142 valence electrons. The fraction of sp³-hybridized carbons (Fsp3) is 0.429. The number of ether oxygens (including phenoxy) is 1. The molecule has 1 saturated heterocycles. The molecule has 4 rings (SSSR count). The van der Waals surface area contributed by atoms with Gasteiger partial charge in [0.2, 0.25) is 0 Å². The molecular weight excluding hydrogens is 345 g/mol. The van der Waals surface area contributed by atoms with Crippen LogP contribution >= 0.6 is 0 Å². The van der Waals surface area contributed by atoms with Crippen LogP contribution in [-0.4, -0.2) is 36.2 Å². The molecule has 27 heavy (non-hydrogen) atoms. The van der Waals surface area contributed by atoms with Crippen molar-refractivity contribution in [2.45, 2.75) is 44.4 Å². The van der Waals surface area contributed by atoms with Gasteiger partial charge in [-0.2, -0.15) is 0 Å². The van der Waals surface area contributed by atoms with E-state index in [2.05, 4.69) is 15.2 Å². The van der Waals surface area contributed by atoms with Crippen molar-refractivity contribution in [3.05, 3.63) is 59.5 Å². The number of hydrogen-bond donors (Lipinski definition) is 1. The van der Waals surface area contributed by atoms with Crippen molar-refractivity contribution in [1.82, 2.24) is 10.3 Å². The number of nitrogens with zero attached hydrogens (tertiary/aromatic N) is 2. The highest BCUT2D eigenvalue weighted by Crippen LogP contribution is 2.45. The molecule has 0 spiro atoms. The van der Waals surface area contributed by atoms with Crippen LogP contribution in [0, 0.1) is 5.82 Å². The first kappa shape index (κ1) is 17.9. The monoisotopic (exact) mass is 369 g/mol. The van der Waals surface area contributed by atoms with Gasteiger partial charge in [0.05, 0.1) is 23.3 Å². The molecule has 2 aromatic rings. The molecule has 2 aliphatic rings. The summed E-state index contributed by atoms with van der Waals surface area (Å²) in [6.45, 7) is 5.66. The molecule has 1 aromatic heterocycles. The summed E-state index contributed by atoms with van der Waals surface area (Å²) >= 11 is 0. The lowest BCUT2D eigenvalue weighted by molar-refractivity contribution is -0.00546. The van der Waals surface area contributed by atoms with E-state index in [1.807, 2.05) is 26.0 Å². The zero-order chi connectivity index (χ0) is 19.0. The number of morpholine rings is 1. The number of anilines is 1. The van der Waals surface area contributed by atoms with Crippen LogP contribution in [0.1, 0.15) is 42.6 Å². The highest BCUT2D eigenvalue weighted by atomic mass is 19.1. The number of halogens is 1. The summed E-state index contributed by atoms with van der Waals surface area (Å²) in [5, 5.41) is 3.06. The Kier molecular flexibility index (Phi) is 4.60. The summed E-state index contributed by atoms with van der Waals surface area (Å²) in [5.74, 6) is 0.382. The molecule has 1 saturated carbocycles. The number of amides is 1. The molecule has 1 N–H and O–H groups in total. The number of hydrogen-bond acceptors (Lipinski definition) is 4. The number of benzene rings is 1. The summed E-state index contributed by atoms with van der Waals surface area (Å²) in [4.78, 5) is 19.3. The zero-order valence-corrected chi connectivity index (χ0v) is 15.6. The van der Waals surface area contributed by atoms with Gasteiger partial charge in [-0.3, -0.25) is 4.79 Å². The Hall–Kier alpha value is -2.47. The van der Waals surface area contributed by atoms with Crippen LogP contribution in [0.5, 0.6) is 0 Å². The van der Waals surface area contributed by atoms with E-state index in [0.29, 0.717) is 5.56 Å². The fourth-order valence-electron chi connectivity index (χ4n) is 3.76. The maximum atomic E-state index is 13.5. The highest BCUT2D eigenvalue weighted by molar-refractivity contribution is 5.95. The smallest absolute Gasteiger partial charge is 0.253 e. The average Bonchev–Trinajstić information content (AvgIpc) is 3.42. The Balaban J connectivity index is 1.45. The minimum Gasteiger partial charge on any atom is -0.372 e. The van der Waals surface area contributed by atoms with Crippen molar-refractivity contribution in [2.24, 2.45) is 0 Å². The van der Waals surface area contributed by atoms with E-state index in [1.54, 1.807) is 18.3 Å². The molecule has 2 heterocycles. The lowest BCUT2D eigenvalue weighted by atomic mass is 10.0. The number of pyridine rings is 1. The normalized spacial score (nSPS) is 23.7. The Labute approximate surface area is 158 Å². The lowest BCUT2D eigenvalue weighted by Gasteiger charge is -2.36. The number of carbonyl (C=O) groups is 1. The molecule has 2 atom stereocenters. The molecule has 1 amide bonds. The third kappa shape index (κ3) is 3.81. The summed E-state index contributed by atoms with van der Waals surface area (Å²) in [7, 11) is 0. The van der Waals surface area contributed by atoms with Crippen LogP contribution in [0.3, 0.4) is 0 Å². The van der Waals surface area contributed by atoms with Gasteiger partial charge in [-0.1, -0.05) is 12.1 Å². The quantitative estimate of drug-likeness (QED) is 0.899. The number of nitrogens with one attached hydrogen (secondary N) is 1. The second-order valence-electron chi connectivity index (χ2n) is 7.61. The Bertz CT molecular complexity index is 826. The second-order valence-corrected chi connectivity index (χ2v) is 7.61. The Morgan fingerprint density at radius 1 is 1.22 bits per heavy atom. The van der Waals surface area contributed by atoms with Crippen LogP contribution < -0.4 is 10.2 Å². The van der Waals surface area contributed by atoms with Gasteiger partial charge in [0.1, 0.15) is 11.6 Å². The summed E-state index contributed by atoms with van der Waals surface area (Å²) in [6.07, 6.45) is 3.55. The molecule has 1 aromatic carbocycles. The van der Waals surface area contributed by atoms with Gasteiger partial charge < -0.3 is 15.0 Å². The molecule has 1 aliphatic heterocycles. The average molecular weight is 369 g/mol. The first-order chi connectivity index (χ1) is 12.9. The van der Waals surface area contributed by atoms with Crippen LogP contribution in [-0.2, 0) is 10.3 Å². The molecule has 0 bridgehead atoms.